The van der Waals surface area contributed by atoms with Crippen molar-refractivity contribution in [3.05, 3.63) is 72.9 Å². The van der Waals surface area contributed by atoms with Crippen LogP contribution in [0.3, 0.4) is 0 Å². The van der Waals surface area contributed by atoms with Gasteiger partial charge in [-0.25, -0.2) is 0 Å². The van der Waals surface area contributed by atoms with E-state index in [0.717, 1.165) is 96.3 Å². The van der Waals surface area contributed by atoms with E-state index in [2.05, 4.69) is 80.7 Å². The minimum atomic E-state index is -0.793. The second-order valence-corrected chi connectivity index (χ2v) is 10.2. The largest absolute Gasteiger partial charge is 0.462 e. The zero-order valence-corrected chi connectivity index (χ0v) is 26.0. The zero-order chi connectivity index (χ0) is 30.1. The van der Waals surface area contributed by atoms with Crippen LogP contribution in [-0.2, 0) is 19.1 Å². The van der Waals surface area contributed by atoms with Crippen molar-refractivity contribution < 1.29 is 24.2 Å². The van der Waals surface area contributed by atoms with Crippen LogP contribution in [0.2, 0.25) is 0 Å². The number of aliphatic hydroxyl groups is 1. The second-order valence-electron chi connectivity index (χ2n) is 10.2. The molecule has 0 aliphatic carbocycles. The van der Waals surface area contributed by atoms with Crippen LogP contribution in [0.25, 0.3) is 0 Å². The Balaban J connectivity index is 3.70. The maximum atomic E-state index is 12.1. The SMILES string of the molecule is CC/C=C/C=C/C=C/CCCCCCCC(=O)OCC(CO)OC(=O)CCCCCC/C=C/C/C=C/C/C=C/CC. The fourth-order valence-corrected chi connectivity index (χ4v) is 3.92. The number of rotatable bonds is 27. The van der Waals surface area contributed by atoms with Crippen LogP contribution in [0, 0.1) is 0 Å². The molecule has 0 aliphatic heterocycles. The fourth-order valence-electron chi connectivity index (χ4n) is 3.92. The molecule has 5 heteroatoms. The summed E-state index contributed by atoms with van der Waals surface area (Å²) in [6.07, 6.45) is 40.9. The number of hydrogen-bond acceptors (Lipinski definition) is 5. The molecule has 1 N–H and O–H groups in total. The first-order valence-corrected chi connectivity index (χ1v) is 16.0. The maximum Gasteiger partial charge on any atom is 0.306 e. The van der Waals surface area contributed by atoms with Gasteiger partial charge in [0.25, 0.3) is 0 Å². The quantitative estimate of drug-likeness (QED) is 0.0461. The molecule has 0 aromatic rings. The van der Waals surface area contributed by atoms with Crippen molar-refractivity contribution in [2.45, 2.75) is 129 Å². The Morgan fingerprint density at radius 2 is 1.10 bits per heavy atom. The molecule has 0 rings (SSSR count). The first-order chi connectivity index (χ1) is 20.1. The number of hydrogen-bond donors (Lipinski definition) is 1. The Hall–Kier alpha value is -2.66. The summed E-state index contributed by atoms with van der Waals surface area (Å²) in [6, 6.07) is 0. The van der Waals surface area contributed by atoms with Crippen LogP contribution in [0.1, 0.15) is 123 Å². The lowest BCUT2D eigenvalue weighted by atomic mass is 10.1. The summed E-state index contributed by atoms with van der Waals surface area (Å²) in [5.74, 6) is -0.652. The average Bonchev–Trinajstić information content (AvgIpc) is 2.97. The van der Waals surface area contributed by atoms with E-state index in [-0.39, 0.29) is 25.2 Å². The molecule has 0 bridgehead atoms. The van der Waals surface area contributed by atoms with Gasteiger partial charge in [-0.15, -0.1) is 0 Å². The molecule has 0 radical (unpaired) electrons. The normalized spacial score (nSPS) is 13.1. The highest BCUT2D eigenvalue weighted by molar-refractivity contribution is 5.70. The van der Waals surface area contributed by atoms with E-state index in [1.165, 1.54) is 0 Å². The third-order valence-electron chi connectivity index (χ3n) is 6.31. The predicted octanol–water partition coefficient (Wildman–Crippen LogP) is 9.44. The standard InChI is InChI=1S/C36H58O5/c1-3-5-7-9-11-13-15-17-19-21-23-25-27-29-31-36(39)41-34(32-37)33-40-35(38)30-28-26-24-22-20-18-16-14-12-10-8-6-4-2/h5-8,10-14,16-17,19,34,37H,3-4,9,15,18,20-33H2,1-2H3/b7-5+,8-6+,12-10+,13-11+,16-14+,19-17+. The Labute approximate surface area is 251 Å². The van der Waals surface area contributed by atoms with Gasteiger partial charge in [0.15, 0.2) is 6.10 Å². The topological polar surface area (TPSA) is 72.8 Å². The van der Waals surface area contributed by atoms with Gasteiger partial charge in [0, 0.05) is 12.8 Å². The van der Waals surface area contributed by atoms with Crippen molar-refractivity contribution >= 4 is 11.9 Å². The summed E-state index contributed by atoms with van der Waals surface area (Å²) in [5.41, 5.74) is 0. The highest BCUT2D eigenvalue weighted by atomic mass is 16.6. The third-order valence-corrected chi connectivity index (χ3v) is 6.31. The lowest BCUT2D eigenvalue weighted by Crippen LogP contribution is -2.28. The molecule has 0 saturated carbocycles. The summed E-state index contributed by atoms with van der Waals surface area (Å²) in [6.45, 7) is 3.82. The predicted molar refractivity (Wildman–Crippen MR) is 173 cm³/mol. The molecular formula is C36H58O5. The number of ether oxygens (including phenoxy) is 2. The summed E-state index contributed by atoms with van der Waals surface area (Å²) < 4.78 is 10.5. The first-order valence-electron chi connectivity index (χ1n) is 16.0. The van der Waals surface area contributed by atoms with Gasteiger partial charge in [0.1, 0.15) is 6.61 Å². The first kappa shape index (κ1) is 38.3. The average molecular weight is 571 g/mol. The van der Waals surface area contributed by atoms with Gasteiger partial charge in [0.05, 0.1) is 6.61 Å². The van der Waals surface area contributed by atoms with E-state index in [0.29, 0.717) is 12.8 Å². The minimum Gasteiger partial charge on any atom is -0.462 e. The van der Waals surface area contributed by atoms with Crippen molar-refractivity contribution in [2.24, 2.45) is 0 Å². The Morgan fingerprint density at radius 1 is 0.585 bits per heavy atom. The smallest absolute Gasteiger partial charge is 0.306 e. The van der Waals surface area contributed by atoms with Crippen molar-refractivity contribution in [3.8, 4) is 0 Å². The molecule has 1 atom stereocenters. The lowest BCUT2D eigenvalue weighted by molar-refractivity contribution is -0.161. The summed E-state index contributed by atoms with van der Waals surface area (Å²) in [5, 5.41) is 9.49. The highest BCUT2D eigenvalue weighted by Gasteiger charge is 2.16. The van der Waals surface area contributed by atoms with Crippen LogP contribution in [0.5, 0.6) is 0 Å². The van der Waals surface area contributed by atoms with E-state index in [1.807, 2.05) is 6.08 Å². The van der Waals surface area contributed by atoms with Gasteiger partial charge in [-0.1, -0.05) is 119 Å². The molecule has 0 spiro atoms. The van der Waals surface area contributed by atoms with Crippen molar-refractivity contribution in [1.82, 2.24) is 0 Å². The Kier molecular flexibility index (Phi) is 29.8. The van der Waals surface area contributed by atoms with Crippen LogP contribution in [0.15, 0.2) is 72.9 Å². The van der Waals surface area contributed by atoms with Gasteiger partial charge < -0.3 is 14.6 Å². The van der Waals surface area contributed by atoms with Gasteiger partial charge in [-0.3, -0.25) is 9.59 Å². The van der Waals surface area contributed by atoms with E-state index < -0.39 is 6.10 Å². The minimum absolute atomic E-state index is 0.0902. The van der Waals surface area contributed by atoms with Crippen LogP contribution >= 0.6 is 0 Å². The molecule has 41 heavy (non-hydrogen) atoms. The van der Waals surface area contributed by atoms with Crippen molar-refractivity contribution in [3.63, 3.8) is 0 Å². The molecule has 0 amide bonds. The summed E-state index contributed by atoms with van der Waals surface area (Å²) in [7, 11) is 0. The molecule has 0 aromatic heterocycles. The Morgan fingerprint density at radius 3 is 1.73 bits per heavy atom. The van der Waals surface area contributed by atoms with Crippen molar-refractivity contribution in [1.29, 1.82) is 0 Å². The summed E-state index contributed by atoms with van der Waals surface area (Å²) >= 11 is 0. The van der Waals surface area contributed by atoms with Gasteiger partial charge in [-0.05, 0) is 64.2 Å². The fraction of sp³-hybridized carbons (Fsp3) is 0.611. The molecular weight excluding hydrogens is 512 g/mol. The number of esters is 2. The highest BCUT2D eigenvalue weighted by Crippen LogP contribution is 2.10. The molecule has 1 unspecified atom stereocenters. The lowest BCUT2D eigenvalue weighted by Gasteiger charge is -2.15. The van der Waals surface area contributed by atoms with Gasteiger partial charge in [-0.2, -0.15) is 0 Å². The molecule has 5 nitrogen and oxygen atoms in total. The molecule has 0 aromatic carbocycles. The zero-order valence-electron chi connectivity index (χ0n) is 26.0. The third kappa shape index (κ3) is 30.1. The van der Waals surface area contributed by atoms with Crippen LogP contribution in [0.4, 0.5) is 0 Å². The van der Waals surface area contributed by atoms with E-state index in [4.69, 9.17) is 9.47 Å². The van der Waals surface area contributed by atoms with E-state index in [1.54, 1.807) is 0 Å². The number of allylic oxidation sites excluding steroid dienone is 12. The van der Waals surface area contributed by atoms with Crippen molar-refractivity contribution in [2.75, 3.05) is 13.2 Å². The monoisotopic (exact) mass is 570 g/mol. The second kappa shape index (κ2) is 31.9. The number of carbonyl (C=O) groups excluding carboxylic acids is 2. The number of unbranched alkanes of at least 4 members (excludes halogenated alkanes) is 9. The van der Waals surface area contributed by atoms with Crippen LogP contribution < -0.4 is 0 Å². The molecule has 0 aliphatic rings. The molecule has 0 saturated heterocycles. The van der Waals surface area contributed by atoms with E-state index in [9.17, 15) is 14.7 Å². The number of aliphatic hydroxyl groups excluding tert-OH is 1. The van der Waals surface area contributed by atoms with Gasteiger partial charge in [0.2, 0.25) is 0 Å². The number of carbonyl (C=O) groups is 2. The van der Waals surface area contributed by atoms with E-state index >= 15 is 0 Å². The van der Waals surface area contributed by atoms with Gasteiger partial charge >= 0.3 is 11.9 Å². The molecule has 0 fully saturated rings. The Bertz CT molecular complexity index is 788. The summed E-state index contributed by atoms with van der Waals surface area (Å²) in [4.78, 5) is 24.1. The molecule has 232 valence electrons. The maximum absolute atomic E-state index is 12.1. The van der Waals surface area contributed by atoms with Crippen LogP contribution in [-0.4, -0.2) is 36.4 Å². The molecule has 0 heterocycles.